The summed E-state index contributed by atoms with van der Waals surface area (Å²) in [5.41, 5.74) is 0.415. The molecule has 1 aromatic rings. The fourth-order valence-corrected chi connectivity index (χ4v) is 2.28. The predicted octanol–water partition coefficient (Wildman–Crippen LogP) is 3.57. The second kappa shape index (κ2) is 6.60. The number of aliphatic hydroxyl groups is 1. The van der Waals surface area contributed by atoms with Crippen molar-refractivity contribution in [1.29, 1.82) is 0 Å². The lowest BCUT2D eigenvalue weighted by Crippen LogP contribution is -2.42. The van der Waals surface area contributed by atoms with Crippen molar-refractivity contribution in [1.82, 2.24) is 0 Å². The number of hydrogen-bond donors (Lipinski definition) is 2. The molecule has 0 bridgehead atoms. The van der Waals surface area contributed by atoms with E-state index >= 15 is 0 Å². The second-order valence-electron chi connectivity index (χ2n) is 4.57. The Hall–Kier alpha value is -1.09. The molecule has 3 heteroatoms. The van der Waals surface area contributed by atoms with Gasteiger partial charge in [-0.1, -0.05) is 32.8 Å². The highest BCUT2D eigenvalue weighted by Gasteiger charge is 2.27. The van der Waals surface area contributed by atoms with Crippen molar-refractivity contribution in [3.8, 4) is 0 Å². The number of halogens is 1. The fourth-order valence-electron chi connectivity index (χ4n) is 2.28. The first-order valence-electron chi connectivity index (χ1n) is 6.30. The summed E-state index contributed by atoms with van der Waals surface area (Å²) in [5.74, 6) is -0.255. The van der Waals surface area contributed by atoms with Crippen molar-refractivity contribution in [3.63, 3.8) is 0 Å². The van der Waals surface area contributed by atoms with Crippen molar-refractivity contribution >= 4 is 5.69 Å². The smallest absolute Gasteiger partial charge is 0.125 e. The lowest BCUT2D eigenvalue weighted by Gasteiger charge is -2.34. The molecule has 0 aliphatic rings. The summed E-state index contributed by atoms with van der Waals surface area (Å²) in [6.45, 7) is 4.26. The van der Waals surface area contributed by atoms with Crippen molar-refractivity contribution in [3.05, 3.63) is 30.1 Å². The Morgan fingerprint density at radius 3 is 2.35 bits per heavy atom. The van der Waals surface area contributed by atoms with Gasteiger partial charge in [-0.3, -0.25) is 0 Å². The van der Waals surface area contributed by atoms with Gasteiger partial charge in [0.15, 0.2) is 0 Å². The quantitative estimate of drug-likeness (QED) is 0.762. The first kappa shape index (κ1) is 14.0. The van der Waals surface area contributed by atoms with Crippen LogP contribution in [0.3, 0.4) is 0 Å². The first-order chi connectivity index (χ1) is 8.15. The SMILES string of the molecule is CCCC(CO)(CCC)Nc1cccc(F)c1. The summed E-state index contributed by atoms with van der Waals surface area (Å²) in [6.07, 6.45) is 3.74. The Kier molecular flexibility index (Phi) is 5.42. The molecule has 0 fully saturated rings. The number of aliphatic hydroxyl groups excluding tert-OH is 1. The number of hydrogen-bond acceptors (Lipinski definition) is 2. The van der Waals surface area contributed by atoms with E-state index in [9.17, 15) is 9.50 Å². The molecule has 0 aliphatic heterocycles. The van der Waals surface area contributed by atoms with Crippen molar-refractivity contribution < 1.29 is 9.50 Å². The third-order valence-corrected chi connectivity index (χ3v) is 2.99. The highest BCUT2D eigenvalue weighted by Crippen LogP contribution is 2.25. The van der Waals surface area contributed by atoms with E-state index in [1.807, 2.05) is 6.07 Å². The topological polar surface area (TPSA) is 32.3 Å². The van der Waals surface area contributed by atoms with E-state index in [1.165, 1.54) is 12.1 Å². The van der Waals surface area contributed by atoms with Crippen LogP contribution in [-0.4, -0.2) is 17.3 Å². The molecule has 17 heavy (non-hydrogen) atoms. The Morgan fingerprint density at radius 2 is 1.88 bits per heavy atom. The first-order valence-corrected chi connectivity index (χ1v) is 6.30. The van der Waals surface area contributed by atoms with Crippen LogP contribution < -0.4 is 5.32 Å². The standard InChI is InChI=1S/C14H22FNO/c1-3-8-14(11-17,9-4-2)16-13-7-5-6-12(15)10-13/h5-7,10,16-17H,3-4,8-9,11H2,1-2H3. The van der Waals surface area contributed by atoms with Crippen molar-refractivity contribution in [2.45, 2.75) is 45.1 Å². The molecule has 0 saturated carbocycles. The number of rotatable bonds is 7. The average molecular weight is 239 g/mol. The lowest BCUT2D eigenvalue weighted by molar-refractivity contribution is 0.192. The summed E-state index contributed by atoms with van der Waals surface area (Å²) < 4.78 is 13.1. The van der Waals surface area contributed by atoms with E-state index in [4.69, 9.17) is 0 Å². The summed E-state index contributed by atoms with van der Waals surface area (Å²) in [6, 6.07) is 6.40. The average Bonchev–Trinajstić information content (AvgIpc) is 2.29. The zero-order chi connectivity index (χ0) is 12.7. The number of nitrogens with one attached hydrogen (secondary N) is 1. The minimum absolute atomic E-state index is 0.0746. The van der Waals surface area contributed by atoms with Gasteiger partial charge in [0.2, 0.25) is 0 Å². The molecule has 1 aromatic carbocycles. The lowest BCUT2D eigenvalue weighted by atomic mass is 9.89. The molecule has 1 rings (SSSR count). The molecular weight excluding hydrogens is 217 g/mol. The Morgan fingerprint density at radius 1 is 1.24 bits per heavy atom. The maximum absolute atomic E-state index is 13.1. The monoisotopic (exact) mass is 239 g/mol. The molecule has 96 valence electrons. The molecule has 0 atom stereocenters. The van der Waals surface area contributed by atoms with Gasteiger partial charge in [0.25, 0.3) is 0 Å². The highest BCUT2D eigenvalue weighted by molar-refractivity contribution is 5.45. The molecule has 2 N–H and O–H groups in total. The van der Waals surface area contributed by atoms with Gasteiger partial charge in [-0.2, -0.15) is 0 Å². The van der Waals surface area contributed by atoms with Crippen LogP contribution in [0.4, 0.5) is 10.1 Å². The molecular formula is C14H22FNO. The maximum Gasteiger partial charge on any atom is 0.125 e. The third-order valence-electron chi connectivity index (χ3n) is 2.99. The Balaban J connectivity index is 2.84. The zero-order valence-corrected chi connectivity index (χ0v) is 10.7. The number of benzene rings is 1. The largest absolute Gasteiger partial charge is 0.394 e. The Bertz CT molecular complexity index is 335. The van der Waals surface area contributed by atoms with E-state index < -0.39 is 0 Å². The van der Waals surface area contributed by atoms with Gasteiger partial charge in [0, 0.05) is 5.69 Å². The minimum atomic E-state index is -0.322. The van der Waals surface area contributed by atoms with Crippen LogP contribution in [0.25, 0.3) is 0 Å². The molecule has 0 unspecified atom stereocenters. The second-order valence-corrected chi connectivity index (χ2v) is 4.57. The van der Waals surface area contributed by atoms with Gasteiger partial charge in [0.05, 0.1) is 12.1 Å². The van der Waals surface area contributed by atoms with E-state index in [0.29, 0.717) is 0 Å². The van der Waals surface area contributed by atoms with Crippen LogP contribution >= 0.6 is 0 Å². The van der Waals surface area contributed by atoms with Gasteiger partial charge < -0.3 is 10.4 Å². The van der Waals surface area contributed by atoms with Gasteiger partial charge in [-0.05, 0) is 31.0 Å². The summed E-state index contributed by atoms with van der Waals surface area (Å²) >= 11 is 0. The van der Waals surface area contributed by atoms with E-state index in [-0.39, 0.29) is 18.0 Å². The van der Waals surface area contributed by atoms with E-state index in [1.54, 1.807) is 6.07 Å². The van der Waals surface area contributed by atoms with E-state index in [2.05, 4.69) is 19.2 Å². The van der Waals surface area contributed by atoms with Gasteiger partial charge in [0.1, 0.15) is 5.82 Å². The molecule has 0 aliphatic carbocycles. The number of anilines is 1. The van der Waals surface area contributed by atoms with Crippen LogP contribution in [0.15, 0.2) is 24.3 Å². The van der Waals surface area contributed by atoms with Crippen LogP contribution in [-0.2, 0) is 0 Å². The van der Waals surface area contributed by atoms with E-state index in [0.717, 1.165) is 31.4 Å². The van der Waals surface area contributed by atoms with Crippen molar-refractivity contribution in [2.24, 2.45) is 0 Å². The zero-order valence-electron chi connectivity index (χ0n) is 10.7. The van der Waals surface area contributed by atoms with Crippen LogP contribution in [0.5, 0.6) is 0 Å². The molecule has 0 heterocycles. The highest BCUT2D eigenvalue weighted by atomic mass is 19.1. The molecule has 2 nitrogen and oxygen atoms in total. The summed E-state index contributed by atoms with van der Waals surface area (Å²) in [5, 5.41) is 12.9. The normalized spacial score (nSPS) is 11.5. The molecule has 0 saturated heterocycles. The van der Waals surface area contributed by atoms with Crippen molar-refractivity contribution in [2.75, 3.05) is 11.9 Å². The predicted molar refractivity (Wildman–Crippen MR) is 69.7 cm³/mol. The van der Waals surface area contributed by atoms with Crippen LogP contribution in [0.1, 0.15) is 39.5 Å². The van der Waals surface area contributed by atoms with Crippen LogP contribution in [0.2, 0.25) is 0 Å². The molecule has 0 amide bonds. The fraction of sp³-hybridized carbons (Fsp3) is 0.571. The molecule has 0 radical (unpaired) electrons. The molecule has 0 spiro atoms. The molecule has 0 aromatic heterocycles. The van der Waals surface area contributed by atoms with Gasteiger partial charge in [-0.15, -0.1) is 0 Å². The summed E-state index contributed by atoms with van der Waals surface area (Å²) in [4.78, 5) is 0. The van der Waals surface area contributed by atoms with Gasteiger partial charge in [-0.25, -0.2) is 4.39 Å². The Labute approximate surface area is 103 Å². The minimum Gasteiger partial charge on any atom is -0.394 e. The van der Waals surface area contributed by atoms with Crippen LogP contribution in [0, 0.1) is 5.82 Å². The third kappa shape index (κ3) is 4.00. The maximum atomic E-state index is 13.1. The summed E-state index contributed by atoms with van der Waals surface area (Å²) in [7, 11) is 0. The van der Waals surface area contributed by atoms with Gasteiger partial charge >= 0.3 is 0 Å².